The van der Waals surface area contributed by atoms with Crippen LogP contribution in [0.25, 0.3) is 65.5 Å². The van der Waals surface area contributed by atoms with Gasteiger partial charge in [-0.3, -0.25) is 0 Å². The van der Waals surface area contributed by atoms with E-state index in [-0.39, 0.29) is 6.04 Å². The highest BCUT2D eigenvalue weighted by molar-refractivity contribution is 7.20. The number of para-hydroxylation sites is 4. The molecular weight excluding hydrogens is 504 g/mol. The molecule has 1 aliphatic rings. The molecule has 0 saturated carbocycles. The van der Waals surface area contributed by atoms with Gasteiger partial charge in [-0.05, 0) is 35.9 Å². The zero-order valence-electron chi connectivity index (χ0n) is 22.1. The van der Waals surface area contributed by atoms with Crippen LogP contribution in [0.3, 0.4) is 0 Å². The lowest BCUT2D eigenvalue weighted by atomic mass is 9.90. The third-order valence-electron chi connectivity index (χ3n) is 8.81. The van der Waals surface area contributed by atoms with E-state index in [0.29, 0.717) is 5.92 Å². The minimum Gasteiger partial charge on any atom is -0.331 e. The van der Waals surface area contributed by atoms with E-state index in [9.17, 15) is 0 Å². The first-order valence-electron chi connectivity index (χ1n) is 14.0. The van der Waals surface area contributed by atoms with Gasteiger partial charge in [-0.15, -0.1) is 11.3 Å². The molecule has 0 fully saturated rings. The van der Waals surface area contributed by atoms with Crippen LogP contribution < -0.4 is 0 Å². The molecule has 3 aromatic heterocycles. The minimum absolute atomic E-state index is 0.230. The zero-order valence-corrected chi connectivity index (χ0v) is 22.9. The second-order valence-electron chi connectivity index (χ2n) is 11.0. The van der Waals surface area contributed by atoms with Crippen molar-refractivity contribution >= 4 is 71.1 Å². The van der Waals surface area contributed by atoms with Crippen molar-refractivity contribution in [3.05, 3.63) is 132 Å². The molecule has 3 heteroatoms. The summed E-state index contributed by atoms with van der Waals surface area (Å²) in [5, 5.41) is 6.59. The summed E-state index contributed by atoms with van der Waals surface area (Å²) in [4.78, 5) is 1.45. The Bertz CT molecular complexity index is 2200. The topological polar surface area (TPSA) is 9.86 Å². The smallest absolute Gasteiger partial charge is 0.0750 e. The Kier molecular flexibility index (Phi) is 4.56. The Hall–Kier alpha value is -4.60. The largest absolute Gasteiger partial charge is 0.331 e. The molecule has 0 bridgehead atoms. The summed E-state index contributed by atoms with van der Waals surface area (Å²) < 4.78 is 6.42. The Morgan fingerprint density at radius 1 is 0.550 bits per heavy atom. The van der Waals surface area contributed by atoms with Gasteiger partial charge in [0.05, 0.1) is 27.5 Å². The quantitative estimate of drug-likeness (QED) is 0.210. The van der Waals surface area contributed by atoms with E-state index in [0.717, 1.165) is 0 Å². The van der Waals surface area contributed by atoms with E-state index in [1.54, 1.807) is 0 Å². The van der Waals surface area contributed by atoms with Crippen molar-refractivity contribution in [2.75, 3.05) is 0 Å². The highest BCUT2D eigenvalue weighted by Gasteiger charge is 2.31. The van der Waals surface area contributed by atoms with Crippen LogP contribution in [0.1, 0.15) is 23.4 Å². The maximum absolute atomic E-state index is 2.60. The van der Waals surface area contributed by atoms with Crippen LogP contribution in [-0.4, -0.2) is 9.13 Å². The van der Waals surface area contributed by atoms with Crippen molar-refractivity contribution in [3.8, 4) is 5.69 Å². The van der Waals surface area contributed by atoms with E-state index in [1.807, 2.05) is 11.3 Å². The monoisotopic (exact) mass is 530 g/mol. The lowest BCUT2D eigenvalue weighted by Crippen LogP contribution is -2.19. The molecule has 2 nitrogen and oxygen atoms in total. The van der Waals surface area contributed by atoms with Gasteiger partial charge in [0, 0.05) is 48.8 Å². The van der Waals surface area contributed by atoms with Gasteiger partial charge in [0.15, 0.2) is 0 Å². The molecule has 9 rings (SSSR count). The molecule has 2 unspecified atom stereocenters. The Labute approximate surface area is 236 Å². The number of fused-ring (bicyclic) bond motifs is 9. The van der Waals surface area contributed by atoms with Gasteiger partial charge in [0.25, 0.3) is 0 Å². The summed E-state index contributed by atoms with van der Waals surface area (Å²) in [5.41, 5.74) is 7.75. The summed E-state index contributed by atoms with van der Waals surface area (Å²) in [6, 6.07) is 42.4. The van der Waals surface area contributed by atoms with Gasteiger partial charge >= 0.3 is 0 Å². The summed E-state index contributed by atoms with van der Waals surface area (Å²) >= 11 is 1.98. The van der Waals surface area contributed by atoms with Crippen LogP contribution in [0.5, 0.6) is 0 Å². The third kappa shape index (κ3) is 2.88. The van der Waals surface area contributed by atoms with Crippen molar-refractivity contribution < 1.29 is 0 Å². The van der Waals surface area contributed by atoms with Crippen LogP contribution in [0.4, 0.5) is 0 Å². The highest BCUT2D eigenvalue weighted by Crippen LogP contribution is 2.49. The van der Waals surface area contributed by atoms with E-state index in [1.165, 1.54) is 69.8 Å². The fourth-order valence-corrected chi connectivity index (χ4v) is 8.59. The van der Waals surface area contributed by atoms with Crippen molar-refractivity contribution in [2.24, 2.45) is 5.92 Å². The normalized spacial score (nSPS) is 17.0. The Morgan fingerprint density at radius 2 is 1.05 bits per heavy atom. The fraction of sp³-hybridized carbons (Fsp3) is 0.0811. The number of nitrogens with zero attached hydrogens (tertiary/aromatic N) is 2. The molecule has 0 spiro atoms. The van der Waals surface area contributed by atoms with Gasteiger partial charge in [-0.25, -0.2) is 0 Å². The minimum atomic E-state index is 0.230. The predicted octanol–water partition coefficient (Wildman–Crippen LogP) is 10.4. The molecular formula is C37H26N2S. The molecule has 5 aromatic carbocycles. The molecule has 3 heterocycles. The van der Waals surface area contributed by atoms with Crippen molar-refractivity contribution in [2.45, 2.75) is 13.0 Å². The number of rotatable bonds is 2. The summed E-state index contributed by atoms with van der Waals surface area (Å²) in [6.07, 6.45) is 4.79. The standard InChI is InChI=1S/C37H26N2S/c1-23-21-22-29-28-15-10-20-34(38-30-16-6-2-11-24(30)25-12-3-7-17-31(25)38)36(28)40-37(29)35(23)39-32-18-8-4-13-26(32)27-14-5-9-19-33(27)39/h2-23,35H,1H3. The van der Waals surface area contributed by atoms with E-state index >= 15 is 0 Å². The SMILES string of the molecule is CC1C=Cc2c(sc3c(-n4c5ccccc5c5ccccc54)cccc23)C1n1c2ccccc2c2ccccc21. The second kappa shape index (κ2) is 8.20. The Morgan fingerprint density at radius 3 is 1.65 bits per heavy atom. The first kappa shape index (κ1) is 22.2. The van der Waals surface area contributed by atoms with Gasteiger partial charge in [0.1, 0.15) is 0 Å². The molecule has 0 saturated heterocycles. The maximum atomic E-state index is 2.60. The van der Waals surface area contributed by atoms with Gasteiger partial charge < -0.3 is 9.13 Å². The van der Waals surface area contributed by atoms with Crippen molar-refractivity contribution in [3.63, 3.8) is 0 Å². The van der Waals surface area contributed by atoms with Gasteiger partial charge in [-0.1, -0.05) is 104 Å². The number of thiophene rings is 1. The van der Waals surface area contributed by atoms with E-state index in [4.69, 9.17) is 0 Å². The molecule has 0 aliphatic heterocycles. The average molecular weight is 531 g/mol. The van der Waals surface area contributed by atoms with Crippen molar-refractivity contribution in [1.29, 1.82) is 0 Å². The van der Waals surface area contributed by atoms with Crippen LogP contribution >= 0.6 is 11.3 Å². The number of benzene rings is 5. The third-order valence-corrected chi connectivity index (χ3v) is 10.1. The first-order chi connectivity index (χ1) is 19.8. The molecule has 2 atom stereocenters. The molecule has 1 aliphatic carbocycles. The van der Waals surface area contributed by atoms with Crippen LogP contribution in [0.2, 0.25) is 0 Å². The summed E-state index contributed by atoms with van der Waals surface area (Å²) in [5.74, 6) is 0.372. The van der Waals surface area contributed by atoms with Crippen LogP contribution in [0.15, 0.2) is 121 Å². The zero-order chi connectivity index (χ0) is 26.4. The first-order valence-corrected chi connectivity index (χ1v) is 14.8. The fourth-order valence-electron chi connectivity index (χ4n) is 7.09. The summed E-state index contributed by atoms with van der Waals surface area (Å²) in [6.45, 7) is 2.37. The van der Waals surface area contributed by atoms with Gasteiger partial charge in [0.2, 0.25) is 0 Å². The molecule has 8 aromatic rings. The molecule has 0 N–H and O–H groups in total. The van der Waals surface area contributed by atoms with Crippen LogP contribution in [0, 0.1) is 5.92 Å². The molecule has 0 radical (unpaired) electrons. The van der Waals surface area contributed by atoms with E-state index in [2.05, 4.69) is 143 Å². The predicted molar refractivity (Wildman–Crippen MR) is 172 cm³/mol. The van der Waals surface area contributed by atoms with Crippen LogP contribution in [-0.2, 0) is 0 Å². The highest BCUT2D eigenvalue weighted by atomic mass is 32.1. The average Bonchev–Trinajstić information content (AvgIpc) is 3.65. The number of aromatic nitrogens is 2. The second-order valence-corrected chi connectivity index (χ2v) is 12.0. The maximum Gasteiger partial charge on any atom is 0.0750 e. The molecule has 190 valence electrons. The molecule has 0 amide bonds. The number of hydrogen-bond acceptors (Lipinski definition) is 1. The molecule has 40 heavy (non-hydrogen) atoms. The lowest BCUT2D eigenvalue weighted by molar-refractivity contribution is 0.503. The number of allylic oxidation sites excluding steroid dienone is 1. The Balaban J connectivity index is 1.36. The lowest BCUT2D eigenvalue weighted by Gasteiger charge is -2.28. The number of hydrogen-bond donors (Lipinski definition) is 0. The van der Waals surface area contributed by atoms with Crippen molar-refractivity contribution in [1.82, 2.24) is 9.13 Å². The summed E-state index contributed by atoms with van der Waals surface area (Å²) in [7, 11) is 0. The van der Waals surface area contributed by atoms with Gasteiger partial charge in [-0.2, -0.15) is 0 Å². The van der Waals surface area contributed by atoms with E-state index < -0.39 is 0 Å².